The number of rotatable bonds is 5. The molecular formula is C23H27N3O2. The fourth-order valence-corrected chi connectivity index (χ4v) is 4.14. The second kappa shape index (κ2) is 7.68. The summed E-state index contributed by atoms with van der Waals surface area (Å²) in [6.07, 6.45) is 0. The molecule has 4 rings (SSSR count). The lowest BCUT2D eigenvalue weighted by atomic mass is 10.0. The topological polar surface area (TPSA) is 48.6 Å². The molecule has 2 aromatic carbocycles. The number of aromatic nitrogens is 1. The number of aromatic amines is 1. The summed E-state index contributed by atoms with van der Waals surface area (Å²) >= 11 is 0. The Hall–Kier alpha value is -2.79. The Balaban J connectivity index is 1.47. The van der Waals surface area contributed by atoms with E-state index in [4.69, 9.17) is 4.74 Å². The quantitative estimate of drug-likeness (QED) is 0.686. The van der Waals surface area contributed by atoms with Gasteiger partial charge in [0.25, 0.3) is 0 Å². The van der Waals surface area contributed by atoms with E-state index in [2.05, 4.69) is 26.9 Å². The third kappa shape index (κ3) is 3.38. The van der Waals surface area contributed by atoms with E-state index in [0.29, 0.717) is 0 Å². The monoisotopic (exact) mass is 377 g/mol. The van der Waals surface area contributed by atoms with Gasteiger partial charge in [0.15, 0.2) is 5.78 Å². The summed E-state index contributed by atoms with van der Waals surface area (Å²) in [5, 5.41) is 1.02. The average Bonchev–Trinajstić information content (AvgIpc) is 3.08. The first-order valence-corrected chi connectivity index (χ1v) is 9.83. The largest absolute Gasteiger partial charge is 0.497 e. The number of hydrogen-bond donors (Lipinski definition) is 1. The van der Waals surface area contributed by atoms with Crippen LogP contribution in [0.2, 0.25) is 0 Å². The highest BCUT2D eigenvalue weighted by Gasteiger charge is 2.28. The number of carbonyl (C=O) groups is 1. The van der Waals surface area contributed by atoms with Crippen molar-refractivity contribution in [2.45, 2.75) is 19.9 Å². The zero-order valence-corrected chi connectivity index (χ0v) is 16.7. The van der Waals surface area contributed by atoms with Gasteiger partial charge in [0.05, 0.1) is 13.2 Å². The first kappa shape index (κ1) is 18.6. The molecule has 1 aliphatic rings. The van der Waals surface area contributed by atoms with Gasteiger partial charge in [0.2, 0.25) is 0 Å². The lowest BCUT2D eigenvalue weighted by Crippen LogP contribution is -2.51. The number of piperazine rings is 1. The van der Waals surface area contributed by atoms with E-state index in [1.807, 2.05) is 50.2 Å². The van der Waals surface area contributed by atoms with Gasteiger partial charge in [-0.1, -0.05) is 24.3 Å². The summed E-state index contributed by atoms with van der Waals surface area (Å²) in [6, 6.07) is 16.1. The molecule has 1 fully saturated rings. The van der Waals surface area contributed by atoms with Crippen molar-refractivity contribution in [3.63, 3.8) is 0 Å². The number of carbonyl (C=O) groups excluding carboxylic acids is 1. The standard InChI is InChI=1S/C23H27N3O2/c1-16-22(20-9-4-5-10-21(20)24-16)23(27)17(2)25-11-13-26(14-12-25)18-7-6-8-19(15-18)28-3/h4-10,15,17,24H,11-14H2,1-3H3/t17-/m0/s1. The summed E-state index contributed by atoms with van der Waals surface area (Å²) < 4.78 is 5.34. The van der Waals surface area contributed by atoms with E-state index in [1.54, 1.807) is 7.11 Å². The first-order valence-electron chi connectivity index (χ1n) is 9.83. The molecule has 0 spiro atoms. The lowest BCUT2D eigenvalue weighted by Gasteiger charge is -2.38. The fraction of sp³-hybridized carbons (Fsp3) is 0.348. The lowest BCUT2D eigenvalue weighted by molar-refractivity contribution is 0.0831. The Morgan fingerprint density at radius 2 is 1.82 bits per heavy atom. The van der Waals surface area contributed by atoms with Gasteiger partial charge >= 0.3 is 0 Å². The number of Topliss-reactive ketones (excluding diaryl/α,β-unsaturated/α-hetero) is 1. The van der Waals surface area contributed by atoms with Crippen molar-refractivity contribution < 1.29 is 9.53 Å². The SMILES string of the molecule is COc1cccc(N2CCN([C@@H](C)C(=O)c3c(C)[nH]c4ccccc34)CC2)c1. The Bertz CT molecular complexity index is 986. The summed E-state index contributed by atoms with van der Waals surface area (Å²) in [6.45, 7) is 7.55. The number of fused-ring (bicyclic) bond motifs is 1. The molecule has 1 atom stereocenters. The summed E-state index contributed by atoms with van der Waals surface area (Å²) in [7, 11) is 1.69. The number of ether oxygens (including phenoxy) is 1. The minimum atomic E-state index is -0.134. The van der Waals surface area contributed by atoms with Crippen LogP contribution >= 0.6 is 0 Å². The molecule has 3 aromatic rings. The number of anilines is 1. The number of hydrogen-bond acceptors (Lipinski definition) is 4. The molecule has 1 saturated heterocycles. The summed E-state index contributed by atoms with van der Waals surface area (Å²) in [5.74, 6) is 1.07. The van der Waals surface area contributed by atoms with Gasteiger partial charge in [-0.25, -0.2) is 0 Å². The van der Waals surface area contributed by atoms with Crippen molar-refractivity contribution in [2.75, 3.05) is 38.2 Å². The minimum absolute atomic E-state index is 0.134. The van der Waals surface area contributed by atoms with Crippen molar-refractivity contribution in [1.29, 1.82) is 0 Å². The number of nitrogens with one attached hydrogen (secondary N) is 1. The number of nitrogens with zero attached hydrogens (tertiary/aromatic N) is 2. The van der Waals surface area contributed by atoms with Crippen molar-refractivity contribution in [3.8, 4) is 5.75 Å². The zero-order chi connectivity index (χ0) is 19.7. The van der Waals surface area contributed by atoms with Crippen LogP contribution in [0.1, 0.15) is 23.0 Å². The summed E-state index contributed by atoms with van der Waals surface area (Å²) in [5.41, 5.74) is 3.98. The fourth-order valence-electron chi connectivity index (χ4n) is 4.14. The van der Waals surface area contributed by atoms with Crippen molar-refractivity contribution >= 4 is 22.4 Å². The molecule has 1 N–H and O–H groups in total. The highest BCUT2D eigenvalue weighted by molar-refractivity contribution is 6.11. The third-order valence-electron chi connectivity index (χ3n) is 5.80. The number of H-pyrrole nitrogens is 1. The van der Waals surface area contributed by atoms with Crippen LogP contribution in [0, 0.1) is 6.92 Å². The van der Waals surface area contributed by atoms with Crippen LogP contribution in [0.4, 0.5) is 5.69 Å². The van der Waals surface area contributed by atoms with Crippen LogP contribution in [0.5, 0.6) is 5.75 Å². The van der Waals surface area contributed by atoms with E-state index in [-0.39, 0.29) is 11.8 Å². The Kier molecular flexibility index (Phi) is 5.09. The van der Waals surface area contributed by atoms with Gasteiger partial charge in [-0.15, -0.1) is 0 Å². The molecule has 0 saturated carbocycles. The van der Waals surface area contributed by atoms with Crippen LogP contribution in [0.25, 0.3) is 10.9 Å². The Labute approximate surface area is 165 Å². The number of para-hydroxylation sites is 1. The third-order valence-corrected chi connectivity index (χ3v) is 5.80. The molecule has 0 unspecified atom stereocenters. The van der Waals surface area contributed by atoms with E-state index in [0.717, 1.165) is 54.1 Å². The van der Waals surface area contributed by atoms with Crippen molar-refractivity contribution in [3.05, 3.63) is 59.8 Å². The minimum Gasteiger partial charge on any atom is -0.497 e. The number of benzene rings is 2. The van der Waals surface area contributed by atoms with E-state index >= 15 is 0 Å². The van der Waals surface area contributed by atoms with Crippen LogP contribution in [-0.4, -0.2) is 55.0 Å². The number of methoxy groups -OCH3 is 1. The zero-order valence-electron chi connectivity index (χ0n) is 16.7. The maximum absolute atomic E-state index is 13.3. The molecule has 2 heterocycles. The molecule has 5 nitrogen and oxygen atoms in total. The number of aryl methyl sites for hydroxylation is 1. The van der Waals surface area contributed by atoms with Crippen LogP contribution in [0.15, 0.2) is 48.5 Å². The van der Waals surface area contributed by atoms with Gasteiger partial charge in [0, 0.05) is 60.1 Å². The molecule has 0 aliphatic carbocycles. The predicted octanol–water partition coefficient (Wildman–Crippen LogP) is 3.88. The molecule has 1 aromatic heterocycles. The highest BCUT2D eigenvalue weighted by Crippen LogP contribution is 2.26. The van der Waals surface area contributed by atoms with Gasteiger partial charge < -0.3 is 14.6 Å². The maximum atomic E-state index is 13.3. The Morgan fingerprint density at radius 3 is 2.57 bits per heavy atom. The van der Waals surface area contributed by atoms with Crippen molar-refractivity contribution in [1.82, 2.24) is 9.88 Å². The molecule has 5 heteroatoms. The molecule has 0 amide bonds. The molecule has 28 heavy (non-hydrogen) atoms. The molecular weight excluding hydrogens is 350 g/mol. The first-order chi connectivity index (χ1) is 13.6. The highest BCUT2D eigenvalue weighted by atomic mass is 16.5. The average molecular weight is 377 g/mol. The van der Waals surface area contributed by atoms with Crippen LogP contribution < -0.4 is 9.64 Å². The predicted molar refractivity (Wildman–Crippen MR) is 114 cm³/mol. The second-order valence-electron chi connectivity index (χ2n) is 7.44. The van der Waals surface area contributed by atoms with Gasteiger partial charge in [-0.2, -0.15) is 0 Å². The van der Waals surface area contributed by atoms with Gasteiger partial charge in [0.1, 0.15) is 5.75 Å². The van der Waals surface area contributed by atoms with Crippen LogP contribution in [-0.2, 0) is 0 Å². The van der Waals surface area contributed by atoms with Crippen LogP contribution in [0.3, 0.4) is 0 Å². The molecule has 0 radical (unpaired) electrons. The molecule has 0 bridgehead atoms. The summed E-state index contributed by atoms with van der Waals surface area (Å²) in [4.78, 5) is 21.3. The van der Waals surface area contributed by atoms with Gasteiger partial charge in [-0.05, 0) is 32.0 Å². The van der Waals surface area contributed by atoms with E-state index < -0.39 is 0 Å². The van der Waals surface area contributed by atoms with Crippen molar-refractivity contribution in [2.24, 2.45) is 0 Å². The molecule has 146 valence electrons. The second-order valence-corrected chi connectivity index (χ2v) is 7.44. The maximum Gasteiger partial charge on any atom is 0.182 e. The number of ketones is 1. The normalized spacial score (nSPS) is 16.3. The van der Waals surface area contributed by atoms with E-state index in [1.165, 1.54) is 5.69 Å². The van der Waals surface area contributed by atoms with Gasteiger partial charge in [-0.3, -0.25) is 9.69 Å². The smallest absolute Gasteiger partial charge is 0.182 e. The van der Waals surface area contributed by atoms with E-state index in [9.17, 15) is 4.79 Å². The Morgan fingerprint density at radius 1 is 1.07 bits per heavy atom. The molecule has 1 aliphatic heterocycles.